The van der Waals surface area contributed by atoms with E-state index in [1.807, 2.05) is 11.0 Å². The third-order valence-corrected chi connectivity index (χ3v) is 5.15. The highest BCUT2D eigenvalue weighted by atomic mass is 16.5. The summed E-state index contributed by atoms with van der Waals surface area (Å²) in [6.45, 7) is 13.1. The maximum absolute atomic E-state index is 13.3. The standard InChI is InChI=1S/C19H31N5O2/c1-14(2)17(24-12-15(3)26-16(4)13-24)18(25)22-8-10-23(11-9-22)19-20-6-5-7-21-19/h5-7,14-17H,8-13H2,1-4H3. The van der Waals surface area contributed by atoms with Crippen molar-refractivity contribution in [1.29, 1.82) is 0 Å². The minimum atomic E-state index is -0.0803. The lowest BCUT2D eigenvalue weighted by Crippen LogP contribution is -2.60. The van der Waals surface area contributed by atoms with Crippen LogP contribution in [0.25, 0.3) is 0 Å². The van der Waals surface area contributed by atoms with Gasteiger partial charge in [-0.3, -0.25) is 9.69 Å². The fraction of sp³-hybridized carbons (Fsp3) is 0.737. The van der Waals surface area contributed by atoms with Gasteiger partial charge >= 0.3 is 0 Å². The first-order valence-corrected chi connectivity index (χ1v) is 9.66. The van der Waals surface area contributed by atoms with Crippen molar-refractivity contribution in [3.05, 3.63) is 18.5 Å². The molecule has 3 atom stereocenters. The van der Waals surface area contributed by atoms with E-state index in [4.69, 9.17) is 4.74 Å². The summed E-state index contributed by atoms with van der Waals surface area (Å²) in [5.41, 5.74) is 0. The summed E-state index contributed by atoms with van der Waals surface area (Å²) < 4.78 is 5.85. The Bertz CT molecular complexity index is 579. The monoisotopic (exact) mass is 361 g/mol. The maximum Gasteiger partial charge on any atom is 0.240 e. The molecular weight excluding hydrogens is 330 g/mol. The lowest BCUT2D eigenvalue weighted by Gasteiger charge is -2.44. The Balaban J connectivity index is 1.63. The lowest BCUT2D eigenvalue weighted by atomic mass is 9.98. The van der Waals surface area contributed by atoms with E-state index in [1.54, 1.807) is 12.4 Å². The number of nitrogens with zero attached hydrogens (tertiary/aromatic N) is 5. The number of piperazine rings is 1. The minimum Gasteiger partial charge on any atom is -0.373 e. The van der Waals surface area contributed by atoms with E-state index in [0.29, 0.717) is 0 Å². The van der Waals surface area contributed by atoms with Gasteiger partial charge in [0.05, 0.1) is 18.2 Å². The van der Waals surface area contributed by atoms with Crippen LogP contribution in [-0.2, 0) is 9.53 Å². The first kappa shape index (κ1) is 19.0. The molecule has 2 saturated heterocycles. The second kappa shape index (κ2) is 8.31. The third kappa shape index (κ3) is 4.32. The van der Waals surface area contributed by atoms with Gasteiger partial charge in [0.25, 0.3) is 0 Å². The molecule has 0 aromatic carbocycles. The predicted octanol–water partition coefficient (Wildman–Crippen LogP) is 1.26. The summed E-state index contributed by atoms with van der Waals surface area (Å²) in [5, 5.41) is 0. The van der Waals surface area contributed by atoms with Crippen LogP contribution in [0.5, 0.6) is 0 Å². The van der Waals surface area contributed by atoms with Crippen molar-refractivity contribution in [3.8, 4) is 0 Å². The van der Waals surface area contributed by atoms with Crippen LogP contribution < -0.4 is 4.90 Å². The number of ether oxygens (including phenoxy) is 1. The van der Waals surface area contributed by atoms with Gasteiger partial charge in [-0.25, -0.2) is 9.97 Å². The smallest absolute Gasteiger partial charge is 0.240 e. The summed E-state index contributed by atoms with van der Waals surface area (Å²) in [5.74, 6) is 1.27. The number of anilines is 1. The molecule has 144 valence electrons. The number of carbonyl (C=O) groups excluding carboxylic acids is 1. The Hall–Kier alpha value is -1.73. The van der Waals surface area contributed by atoms with Crippen LogP contribution in [0.1, 0.15) is 27.7 Å². The summed E-state index contributed by atoms with van der Waals surface area (Å²) in [7, 11) is 0. The topological polar surface area (TPSA) is 61.8 Å². The minimum absolute atomic E-state index is 0.0803. The zero-order valence-electron chi connectivity index (χ0n) is 16.3. The quantitative estimate of drug-likeness (QED) is 0.805. The molecule has 1 aromatic heterocycles. The Morgan fingerprint density at radius 3 is 2.19 bits per heavy atom. The van der Waals surface area contributed by atoms with E-state index >= 15 is 0 Å². The van der Waals surface area contributed by atoms with E-state index in [1.165, 1.54) is 0 Å². The summed E-state index contributed by atoms with van der Waals surface area (Å²) in [4.78, 5) is 28.4. The van der Waals surface area contributed by atoms with Crippen LogP contribution >= 0.6 is 0 Å². The molecule has 1 amide bonds. The van der Waals surface area contributed by atoms with Crippen LogP contribution in [0.2, 0.25) is 0 Å². The molecule has 0 bridgehead atoms. The Morgan fingerprint density at radius 2 is 1.65 bits per heavy atom. The number of hydrogen-bond donors (Lipinski definition) is 0. The SMILES string of the molecule is CC1CN(C(C(=O)N2CCN(c3ncccn3)CC2)C(C)C)CC(C)O1. The molecule has 0 N–H and O–H groups in total. The molecule has 2 fully saturated rings. The van der Waals surface area contributed by atoms with Crippen molar-refractivity contribution >= 4 is 11.9 Å². The normalized spacial score (nSPS) is 26.2. The van der Waals surface area contributed by atoms with E-state index < -0.39 is 0 Å². The van der Waals surface area contributed by atoms with E-state index in [9.17, 15) is 4.79 Å². The fourth-order valence-corrected chi connectivity index (χ4v) is 4.08. The van der Waals surface area contributed by atoms with Gasteiger partial charge in [-0.1, -0.05) is 13.8 Å². The summed E-state index contributed by atoms with van der Waals surface area (Å²) in [6, 6.07) is 1.74. The molecule has 0 spiro atoms. The summed E-state index contributed by atoms with van der Waals surface area (Å²) in [6.07, 6.45) is 3.85. The number of carbonyl (C=O) groups is 1. The van der Waals surface area contributed by atoms with Gasteiger partial charge in [-0.15, -0.1) is 0 Å². The molecule has 2 aliphatic heterocycles. The average Bonchev–Trinajstić information content (AvgIpc) is 2.61. The van der Waals surface area contributed by atoms with Crippen molar-refractivity contribution in [2.24, 2.45) is 5.92 Å². The predicted molar refractivity (Wildman–Crippen MR) is 101 cm³/mol. The third-order valence-electron chi connectivity index (χ3n) is 5.15. The maximum atomic E-state index is 13.3. The highest BCUT2D eigenvalue weighted by molar-refractivity contribution is 5.82. The van der Waals surface area contributed by atoms with Crippen LogP contribution in [0.3, 0.4) is 0 Å². The fourth-order valence-electron chi connectivity index (χ4n) is 4.08. The molecule has 3 rings (SSSR count). The number of morpholine rings is 1. The number of amides is 1. The number of hydrogen-bond acceptors (Lipinski definition) is 6. The van der Waals surface area contributed by atoms with Gasteiger partial charge in [0, 0.05) is 51.7 Å². The second-order valence-corrected chi connectivity index (χ2v) is 7.76. The van der Waals surface area contributed by atoms with Gasteiger partial charge in [0.15, 0.2) is 0 Å². The highest BCUT2D eigenvalue weighted by Crippen LogP contribution is 2.21. The van der Waals surface area contributed by atoms with Crippen molar-refractivity contribution in [2.45, 2.75) is 45.9 Å². The van der Waals surface area contributed by atoms with Crippen LogP contribution in [0.15, 0.2) is 18.5 Å². The molecular formula is C19H31N5O2. The van der Waals surface area contributed by atoms with Crippen LogP contribution in [0.4, 0.5) is 5.95 Å². The Morgan fingerprint density at radius 1 is 1.08 bits per heavy atom. The van der Waals surface area contributed by atoms with E-state index in [2.05, 4.69) is 47.5 Å². The average molecular weight is 361 g/mol. The van der Waals surface area contributed by atoms with Gasteiger partial charge in [0.2, 0.25) is 11.9 Å². The molecule has 26 heavy (non-hydrogen) atoms. The van der Waals surface area contributed by atoms with Crippen molar-refractivity contribution in [2.75, 3.05) is 44.2 Å². The molecule has 7 heteroatoms. The summed E-state index contributed by atoms with van der Waals surface area (Å²) >= 11 is 0. The van der Waals surface area contributed by atoms with Crippen LogP contribution in [0, 0.1) is 5.92 Å². The van der Waals surface area contributed by atoms with E-state index in [0.717, 1.165) is 45.2 Å². The van der Waals surface area contributed by atoms with Gasteiger partial charge in [-0.2, -0.15) is 0 Å². The second-order valence-electron chi connectivity index (χ2n) is 7.76. The Kier molecular flexibility index (Phi) is 6.09. The van der Waals surface area contributed by atoms with Crippen molar-refractivity contribution in [3.63, 3.8) is 0 Å². The Labute approximate surface area is 156 Å². The molecule has 0 aliphatic carbocycles. The molecule has 3 heterocycles. The van der Waals surface area contributed by atoms with E-state index in [-0.39, 0.29) is 30.1 Å². The highest BCUT2D eigenvalue weighted by Gasteiger charge is 2.37. The molecule has 0 radical (unpaired) electrons. The molecule has 0 saturated carbocycles. The molecule has 7 nitrogen and oxygen atoms in total. The number of aromatic nitrogens is 2. The van der Waals surface area contributed by atoms with Gasteiger partial charge in [0.1, 0.15) is 0 Å². The molecule has 3 unspecified atom stereocenters. The van der Waals surface area contributed by atoms with Crippen LogP contribution in [-0.4, -0.2) is 83.2 Å². The first-order valence-electron chi connectivity index (χ1n) is 9.66. The first-order chi connectivity index (χ1) is 12.5. The zero-order chi connectivity index (χ0) is 18.7. The largest absolute Gasteiger partial charge is 0.373 e. The van der Waals surface area contributed by atoms with Crippen molar-refractivity contribution < 1.29 is 9.53 Å². The van der Waals surface area contributed by atoms with Gasteiger partial charge < -0.3 is 14.5 Å². The lowest BCUT2D eigenvalue weighted by molar-refractivity contribution is -0.145. The van der Waals surface area contributed by atoms with Crippen molar-refractivity contribution in [1.82, 2.24) is 19.8 Å². The zero-order valence-corrected chi connectivity index (χ0v) is 16.3. The van der Waals surface area contributed by atoms with Gasteiger partial charge in [-0.05, 0) is 25.8 Å². The molecule has 2 aliphatic rings. The molecule has 1 aromatic rings. The number of rotatable bonds is 4.